The van der Waals surface area contributed by atoms with Crippen molar-refractivity contribution in [2.24, 2.45) is 11.1 Å². The van der Waals surface area contributed by atoms with Crippen molar-refractivity contribution in [2.75, 3.05) is 31.9 Å². The number of nitrogens with zero attached hydrogens (tertiary/aromatic N) is 1. The van der Waals surface area contributed by atoms with E-state index >= 15 is 0 Å². The first kappa shape index (κ1) is 12.7. The normalized spacial score (nSPS) is 28.7. The van der Waals surface area contributed by atoms with E-state index < -0.39 is 0 Å². The zero-order valence-electron chi connectivity index (χ0n) is 10.8. The van der Waals surface area contributed by atoms with E-state index in [9.17, 15) is 0 Å². The van der Waals surface area contributed by atoms with Gasteiger partial charge in [0, 0.05) is 23.6 Å². The average Bonchev–Trinajstić information content (AvgIpc) is 2.96. The van der Waals surface area contributed by atoms with Gasteiger partial charge in [-0.25, -0.2) is 0 Å². The van der Waals surface area contributed by atoms with Crippen molar-refractivity contribution < 1.29 is 0 Å². The Morgan fingerprint density at radius 1 is 1.19 bits per heavy atom. The zero-order valence-corrected chi connectivity index (χ0v) is 11.6. The summed E-state index contributed by atoms with van der Waals surface area (Å²) in [6, 6.07) is 0. The molecule has 0 atom stereocenters. The lowest BCUT2D eigenvalue weighted by Gasteiger charge is -2.26. The topological polar surface area (TPSA) is 29.3 Å². The SMILES string of the molecule is CC1(C)CCN(CC2(CCN)CC2)CCS1. The third-order valence-electron chi connectivity index (χ3n) is 4.12. The van der Waals surface area contributed by atoms with Gasteiger partial charge in [0.1, 0.15) is 0 Å². The molecule has 0 aromatic carbocycles. The van der Waals surface area contributed by atoms with E-state index in [0.717, 1.165) is 6.54 Å². The summed E-state index contributed by atoms with van der Waals surface area (Å²) in [5.74, 6) is 1.30. The highest BCUT2D eigenvalue weighted by atomic mass is 32.2. The number of hydrogen-bond donors (Lipinski definition) is 1. The van der Waals surface area contributed by atoms with Crippen LogP contribution in [0.1, 0.15) is 39.5 Å². The fraction of sp³-hybridized carbons (Fsp3) is 1.00. The molecule has 2 rings (SSSR count). The predicted molar refractivity (Wildman–Crippen MR) is 72.9 cm³/mol. The molecule has 1 aliphatic heterocycles. The molecule has 1 saturated heterocycles. The molecule has 1 heterocycles. The van der Waals surface area contributed by atoms with Gasteiger partial charge in [-0.15, -0.1) is 0 Å². The Bertz CT molecular complexity index is 236. The lowest BCUT2D eigenvalue weighted by Crippen LogP contribution is -2.34. The van der Waals surface area contributed by atoms with Crippen molar-refractivity contribution in [3.63, 3.8) is 0 Å². The maximum Gasteiger partial charge on any atom is 0.0116 e. The molecule has 0 aromatic rings. The molecule has 94 valence electrons. The second-order valence-electron chi connectivity index (χ2n) is 6.17. The molecule has 3 heteroatoms. The van der Waals surface area contributed by atoms with Gasteiger partial charge < -0.3 is 10.6 Å². The maximum atomic E-state index is 5.71. The van der Waals surface area contributed by atoms with Crippen molar-refractivity contribution in [1.82, 2.24) is 4.90 Å². The van der Waals surface area contributed by atoms with Crippen molar-refractivity contribution in [2.45, 2.75) is 44.3 Å². The van der Waals surface area contributed by atoms with Crippen LogP contribution in [0.15, 0.2) is 0 Å². The van der Waals surface area contributed by atoms with Crippen LogP contribution < -0.4 is 5.73 Å². The highest BCUT2D eigenvalue weighted by molar-refractivity contribution is 8.00. The van der Waals surface area contributed by atoms with Crippen LogP contribution in [0.3, 0.4) is 0 Å². The van der Waals surface area contributed by atoms with Crippen molar-refractivity contribution in [3.8, 4) is 0 Å². The summed E-state index contributed by atoms with van der Waals surface area (Å²) in [5, 5.41) is 0. The smallest absolute Gasteiger partial charge is 0.0116 e. The molecule has 1 aliphatic carbocycles. The highest BCUT2D eigenvalue weighted by Gasteiger charge is 2.43. The third-order valence-corrected chi connectivity index (χ3v) is 5.49. The number of rotatable bonds is 4. The van der Waals surface area contributed by atoms with Crippen LogP contribution in [-0.4, -0.2) is 41.6 Å². The molecule has 1 saturated carbocycles. The van der Waals surface area contributed by atoms with Gasteiger partial charge >= 0.3 is 0 Å². The minimum absolute atomic E-state index is 0.485. The van der Waals surface area contributed by atoms with Crippen LogP contribution in [0.2, 0.25) is 0 Å². The number of thioether (sulfide) groups is 1. The monoisotopic (exact) mass is 242 g/mol. The summed E-state index contributed by atoms with van der Waals surface area (Å²) in [6.45, 7) is 9.50. The van der Waals surface area contributed by atoms with E-state index in [-0.39, 0.29) is 0 Å². The van der Waals surface area contributed by atoms with Gasteiger partial charge in [-0.1, -0.05) is 13.8 Å². The summed E-state index contributed by atoms with van der Waals surface area (Å²) in [6.07, 6.45) is 5.39. The van der Waals surface area contributed by atoms with E-state index in [1.165, 1.54) is 51.1 Å². The Balaban J connectivity index is 1.82. The first-order chi connectivity index (χ1) is 7.55. The zero-order chi connectivity index (χ0) is 11.6. The molecular formula is C13H26N2S. The molecule has 2 N–H and O–H groups in total. The Hall–Kier alpha value is 0.270. The third kappa shape index (κ3) is 3.38. The van der Waals surface area contributed by atoms with Gasteiger partial charge in [0.2, 0.25) is 0 Å². The second kappa shape index (κ2) is 4.87. The molecule has 0 radical (unpaired) electrons. The summed E-state index contributed by atoms with van der Waals surface area (Å²) in [5.41, 5.74) is 6.33. The standard InChI is InChI=1S/C13H26N2S/c1-12(2)6-8-15(9-10-16-12)11-13(3-4-13)5-7-14/h3-11,14H2,1-2H3. The molecule has 0 unspecified atom stereocenters. The lowest BCUT2D eigenvalue weighted by atomic mass is 10.0. The van der Waals surface area contributed by atoms with Crippen LogP contribution in [0, 0.1) is 5.41 Å². The van der Waals surface area contributed by atoms with Crippen LogP contribution in [0.5, 0.6) is 0 Å². The Morgan fingerprint density at radius 2 is 1.94 bits per heavy atom. The molecule has 16 heavy (non-hydrogen) atoms. The largest absolute Gasteiger partial charge is 0.330 e. The van der Waals surface area contributed by atoms with Gasteiger partial charge in [-0.2, -0.15) is 11.8 Å². The molecule has 0 amide bonds. The van der Waals surface area contributed by atoms with Crippen LogP contribution in [-0.2, 0) is 0 Å². The van der Waals surface area contributed by atoms with Crippen molar-refractivity contribution in [1.29, 1.82) is 0 Å². The minimum atomic E-state index is 0.485. The second-order valence-corrected chi connectivity index (χ2v) is 7.98. The van der Waals surface area contributed by atoms with Crippen molar-refractivity contribution in [3.05, 3.63) is 0 Å². The first-order valence-electron chi connectivity index (χ1n) is 6.62. The molecule has 0 spiro atoms. The highest BCUT2D eigenvalue weighted by Crippen LogP contribution is 2.49. The van der Waals surface area contributed by atoms with Gasteiger partial charge in [-0.3, -0.25) is 0 Å². The van der Waals surface area contributed by atoms with Crippen LogP contribution in [0.4, 0.5) is 0 Å². The van der Waals surface area contributed by atoms with Crippen molar-refractivity contribution >= 4 is 11.8 Å². The molecule has 2 fully saturated rings. The summed E-state index contributed by atoms with van der Waals surface area (Å²) >= 11 is 2.14. The summed E-state index contributed by atoms with van der Waals surface area (Å²) in [7, 11) is 0. The molecule has 0 aromatic heterocycles. The van der Waals surface area contributed by atoms with E-state index in [4.69, 9.17) is 5.73 Å². The maximum absolute atomic E-state index is 5.71. The Labute approximate surface area is 104 Å². The van der Waals surface area contributed by atoms with E-state index in [2.05, 4.69) is 30.5 Å². The van der Waals surface area contributed by atoms with Gasteiger partial charge in [0.05, 0.1) is 0 Å². The first-order valence-corrected chi connectivity index (χ1v) is 7.60. The summed E-state index contributed by atoms with van der Waals surface area (Å²) in [4.78, 5) is 2.68. The Kier molecular flexibility index (Phi) is 3.87. The van der Waals surface area contributed by atoms with Crippen LogP contribution >= 0.6 is 11.8 Å². The molecule has 2 aliphatic rings. The van der Waals surface area contributed by atoms with Crippen LogP contribution in [0.25, 0.3) is 0 Å². The fourth-order valence-corrected chi connectivity index (χ4v) is 3.80. The predicted octanol–water partition coefficient (Wildman–Crippen LogP) is 2.33. The Morgan fingerprint density at radius 3 is 2.56 bits per heavy atom. The fourth-order valence-electron chi connectivity index (χ4n) is 2.66. The minimum Gasteiger partial charge on any atom is -0.330 e. The van der Waals surface area contributed by atoms with E-state index in [1.54, 1.807) is 0 Å². The molecule has 0 bridgehead atoms. The molecule has 2 nitrogen and oxygen atoms in total. The van der Waals surface area contributed by atoms with Gasteiger partial charge in [0.15, 0.2) is 0 Å². The average molecular weight is 242 g/mol. The van der Waals surface area contributed by atoms with Gasteiger partial charge in [-0.05, 0) is 44.2 Å². The lowest BCUT2D eigenvalue weighted by molar-refractivity contribution is 0.221. The summed E-state index contributed by atoms with van der Waals surface area (Å²) < 4.78 is 0.485. The van der Waals surface area contributed by atoms with E-state index in [0.29, 0.717) is 10.2 Å². The quantitative estimate of drug-likeness (QED) is 0.820. The number of hydrogen-bond acceptors (Lipinski definition) is 3. The number of nitrogens with two attached hydrogens (primary N) is 1. The van der Waals surface area contributed by atoms with Gasteiger partial charge in [0.25, 0.3) is 0 Å². The van der Waals surface area contributed by atoms with E-state index in [1.807, 2.05) is 0 Å². The molecular weight excluding hydrogens is 216 g/mol.